The monoisotopic (exact) mass is 451 g/mol. The minimum absolute atomic E-state index is 0.0143. The Balaban J connectivity index is 1.66. The van der Waals surface area contributed by atoms with Crippen molar-refractivity contribution >= 4 is 39.6 Å². The van der Waals surface area contributed by atoms with Crippen LogP contribution in [-0.4, -0.2) is 48.0 Å². The number of hydrogen-bond acceptors (Lipinski definition) is 8. The SMILES string of the molecule is O=C(CC(CCn1nnc2ccccc2c1=O)(C(=O)O)C(=O)O)c1coc2cc(O)ccc12. The predicted molar refractivity (Wildman–Crippen MR) is 113 cm³/mol. The lowest BCUT2D eigenvalue weighted by Crippen LogP contribution is -2.43. The Kier molecular flexibility index (Phi) is 5.38. The molecule has 11 nitrogen and oxygen atoms in total. The fraction of sp³-hybridized carbons (Fsp3) is 0.182. The second kappa shape index (κ2) is 8.19. The van der Waals surface area contributed by atoms with Crippen LogP contribution in [0.2, 0.25) is 0 Å². The molecule has 0 aliphatic heterocycles. The van der Waals surface area contributed by atoms with E-state index in [4.69, 9.17) is 4.42 Å². The van der Waals surface area contributed by atoms with Gasteiger partial charge in [0.2, 0.25) is 0 Å². The Bertz CT molecular complexity index is 1460. The summed E-state index contributed by atoms with van der Waals surface area (Å²) in [6.45, 7) is -0.386. The van der Waals surface area contributed by atoms with Crippen LogP contribution in [0.25, 0.3) is 21.9 Å². The molecule has 2 heterocycles. The number of aryl methyl sites for hydroxylation is 1. The first kappa shape index (κ1) is 21.7. The Morgan fingerprint density at radius 2 is 1.76 bits per heavy atom. The van der Waals surface area contributed by atoms with Gasteiger partial charge in [0.25, 0.3) is 5.56 Å². The molecule has 2 aromatic carbocycles. The van der Waals surface area contributed by atoms with Gasteiger partial charge in [-0.25, -0.2) is 4.68 Å². The molecule has 0 radical (unpaired) electrons. The van der Waals surface area contributed by atoms with Crippen LogP contribution in [0.1, 0.15) is 23.2 Å². The van der Waals surface area contributed by atoms with E-state index in [0.29, 0.717) is 10.9 Å². The van der Waals surface area contributed by atoms with Gasteiger partial charge < -0.3 is 19.7 Å². The Hall–Kier alpha value is -4.54. The van der Waals surface area contributed by atoms with Crippen molar-refractivity contribution in [3.63, 3.8) is 0 Å². The molecule has 0 saturated carbocycles. The largest absolute Gasteiger partial charge is 0.508 e. The van der Waals surface area contributed by atoms with E-state index in [0.717, 1.165) is 10.9 Å². The number of fused-ring (bicyclic) bond motifs is 2. The molecule has 0 saturated heterocycles. The van der Waals surface area contributed by atoms with E-state index in [1.807, 2.05) is 0 Å². The first-order valence-electron chi connectivity index (χ1n) is 9.76. The third-order valence-corrected chi connectivity index (χ3v) is 5.52. The quantitative estimate of drug-likeness (QED) is 0.266. The van der Waals surface area contributed by atoms with E-state index in [1.165, 1.54) is 24.3 Å². The number of aliphatic carboxylic acids is 2. The number of aromatic hydroxyl groups is 1. The maximum Gasteiger partial charge on any atom is 0.321 e. The van der Waals surface area contributed by atoms with Gasteiger partial charge >= 0.3 is 11.9 Å². The summed E-state index contributed by atoms with van der Waals surface area (Å²) in [5, 5.41) is 37.3. The number of benzene rings is 2. The van der Waals surface area contributed by atoms with Crippen LogP contribution in [-0.2, 0) is 16.1 Å². The molecule has 0 bridgehead atoms. The summed E-state index contributed by atoms with van der Waals surface area (Å²) in [6.07, 6.45) is -0.393. The summed E-state index contributed by atoms with van der Waals surface area (Å²) in [5.41, 5.74) is -2.57. The third-order valence-electron chi connectivity index (χ3n) is 5.52. The molecule has 4 rings (SSSR count). The summed E-state index contributed by atoms with van der Waals surface area (Å²) in [6, 6.07) is 10.4. The molecule has 0 atom stereocenters. The standard InChI is InChI=1S/C22H17N3O8/c26-12-5-6-13-15(11-33-18(13)9-12)17(27)10-22(20(29)30,21(31)32)7-8-25-19(28)14-3-1-2-4-16(14)23-24-25/h1-6,9,11,26H,7-8,10H2,(H,29,30)(H,31,32). The van der Waals surface area contributed by atoms with E-state index in [-0.39, 0.29) is 28.8 Å². The number of furan rings is 1. The molecular formula is C22H17N3O8. The van der Waals surface area contributed by atoms with Gasteiger partial charge in [-0.3, -0.25) is 19.2 Å². The highest BCUT2D eigenvalue weighted by Gasteiger charge is 2.48. The van der Waals surface area contributed by atoms with Crippen LogP contribution in [0.4, 0.5) is 0 Å². The van der Waals surface area contributed by atoms with Crippen LogP contribution in [0.15, 0.2) is 57.9 Å². The van der Waals surface area contributed by atoms with Crippen molar-refractivity contribution in [1.29, 1.82) is 0 Å². The number of carbonyl (C=O) groups excluding carboxylic acids is 1. The van der Waals surface area contributed by atoms with Crippen LogP contribution in [0, 0.1) is 5.41 Å². The van der Waals surface area contributed by atoms with Gasteiger partial charge in [0.05, 0.1) is 10.9 Å². The van der Waals surface area contributed by atoms with Crippen molar-refractivity contribution in [2.75, 3.05) is 0 Å². The number of carboxylic acid groups (broad SMARTS) is 2. The van der Waals surface area contributed by atoms with Crippen molar-refractivity contribution in [1.82, 2.24) is 15.0 Å². The zero-order chi connectivity index (χ0) is 23.8. The molecule has 0 spiro atoms. The normalized spacial score (nSPS) is 11.6. The van der Waals surface area contributed by atoms with E-state index in [9.17, 15) is 34.5 Å². The molecular weight excluding hydrogens is 434 g/mol. The van der Waals surface area contributed by atoms with E-state index < -0.39 is 41.5 Å². The first-order chi connectivity index (χ1) is 15.7. The smallest absolute Gasteiger partial charge is 0.321 e. The van der Waals surface area contributed by atoms with Gasteiger partial charge in [-0.05, 0) is 30.7 Å². The molecule has 0 unspecified atom stereocenters. The van der Waals surface area contributed by atoms with Crippen molar-refractivity contribution in [2.24, 2.45) is 5.41 Å². The van der Waals surface area contributed by atoms with Gasteiger partial charge in [0.1, 0.15) is 23.1 Å². The number of ketones is 1. The third kappa shape index (κ3) is 3.80. The summed E-state index contributed by atoms with van der Waals surface area (Å²) < 4.78 is 6.11. The van der Waals surface area contributed by atoms with Crippen molar-refractivity contribution in [3.8, 4) is 5.75 Å². The molecule has 33 heavy (non-hydrogen) atoms. The lowest BCUT2D eigenvalue weighted by Gasteiger charge is -2.24. The summed E-state index contributed by atoms with van der Waals surface area (Å²) >= 11 is 0. The Labute approximate surface area is 184 Å². The minimum atomic E-state index is -2.52. The Morgan fingerprint density at radius 3 is 2.48 bits per heavy atom. The highest BCUT2D eigenvalue weighted by Crippen LogP contribution is 2.33. The number of aromatic nitrogens is 3. The maximum absolute atomic E-state index is 12.9. The molecule has 168 valence electrons. The summed E-state index contributed by atoms with van der Waals surface area (Å²) in [7, 11) is 0. The van der Waals surface area contributed by atoms with Gasteiger partial charge in [-0.15, -0.1) is 5.10 Å². The van der Waals surface area contributed by atoms with E-state index >= 15 is 0 Å². The second-order valence-corrected chi connectivity index (χ2v) is 7.51. The number of nitrogens with zero attached hydrogens (tertiary/aromatic N) is 3. The van der Waals surface area contributed by atoms with Crippen molar-refractivity contribution in [3.05, 3.63) is 64.6 Å². The van der Waals surface area contributed by atoms with Gasteiger partial charge in [-0.1, -0.05) is 17.3 Å². The molecule has 2 aromatic heterocycles. The topological polar surface area (TPSA) is 173 Å². The molecule has 0 aliphatic rings. The molecule has 11 heteroatoms. The maximum atomic E-state index is 12.9. The highest BCUT2D eigenvalue weighted by molar-refractivity contribution is 6.11. The molecule has 0 amide bonds. The molecule has 3 N–H and O–H groups in total. The van der Waals surface area contributed by atoms with Crippen LogP contribution in [0.3, 0.4) is 0 Å². The van der Waals surface area contributed by atoms with Crippen molar-refractivity contribution in [2.45, 2.75) is 19.4 Å². The fourth-order valence-corrected chi connectivity index (χ4v) is 3.61. The number of phenolic OH excluding ortho intramolecular Hbond substituents is 1. The zero-order valence-corrected chi connectivity index (χ0v) is 17.0. The number of rotatable bonds is 8. The average Bonchev–Trinajstić information content (AvgIpc) is 3.20. The van der Waals surface area contributed by atoms with Gasteiger partial charge in [-0.2, -0.15) is 0 Å². The fourth-order valence-electron chi connectivity index (χ4n) is 3.61. The van der Waals surface area contributed by atoms with Crippen LogP contribution >= 0.6 is 0 Å². The molecule has 0 aliphatic carbocycles. The average molecular weight is 451 g/mol. The minimum Gasteiger partial charge on any atom is -0.508 e. The highest BCUT2D eigenvalue weighted by atomic mass is 16.4. The molecule has 0 fully saturated rings. The van der Waals surface area contributed by atoms with Gasteiger partial charge in [0, 0.05) is 24.4 Å². The van der Waals surface area contributed by atoms with Crippen LogP contribution < -0.4 is 5.56 Å². The number of carboxylic acids is 2. The molecule has 4 aromatic rings. The van der Waals surface area contributed by atoms with Crippen molar-refractivity contribution < 1.29 is 34.1 Å². The number of Topliss-reactive ketones (excluding diaryl/α,β-unsaturated/α-hetero) is 1. The Morgan fingerprint density at radius 1 is 1.03 bits per heavy atom. The number of carbonyl (C=O) groups is 3. The summed E-state index contributed by atoms with van der Waals surface area (Å²) in [4.78, 5) is 49.7. The van der Waals surface area contributed by atoms with Crippen LogP contribution in [0.5, 0.6) is 5.75 Å². The second-order valence-electron chi connectivity index (χ2n) is 7.51. The van der Waals surface area contributed by atoms with E-state index in [1.54, 1.807) is 18.2 Å². The lowest BCUT2D eigenvalue weighted by molar-refractivity contribution is -0.165. The number of hydrogen-bond donors (Lipinski definition) is 3. The first-order valence-corrected chi connectivity index (χ1v) is 9.76. The van der Waals surface area contributed by atoms with E-state index in [2.05, 4.69) is 10.3 Å². The van der Waals surface area contributed by atoms with Gasteiger partial charge in [0.15, 0.2) is 11.2 Å². The number of phenols is 1. The lowest BCUT2D eigenvalue weighted by atomic mass is 9.78. The zero-order valence-electron chi connectivity index (χ0n) is 17.0. The summed E-state index contributed by atoms with van der Waals surface area (Å²) in [5.74, 6) is -4.32. The predicted octanol–water partition coefficient (Wildman–Crippen LogP) is 2.06.